The van der Waals surface area contributed by atoms with E-state index in [1.54, 1.807) is 18.5 Å². The summed E-state index contributed by atoms with van der Waals surface area (Å²) in [6.45, 7) is 12.9. The van der Waals surface area contributed by atoms with Crippen molar-refractivity contribution >= 4 is 6.72 Å². The Hall–Kier alpha value is -2.40. The molecule has 84 valence electrons. The van der Waals surface area contributed by atoms with Crippen LogP contribution in [-0.2, 0) is 0 Å². The molecule has 2 nitrogen and oxygen atoms in total. The number of hydrogen-bond acceptors (Lipinski definition) is 2. The second kappa shape index (κ2) is 6.24. The van der Waals surface area contributed by atoms with Gasteiger partial charge in [-0.25, -0.2) is 0 Å². The maximum atomic E-state index is 3.99. The summed E-state index contributed by atoms with van der Waals surface area (Å²) in [4.78, 5) is 7.84. The number of hydrogen-bond donors (Lipinski definition) is 0. The van der Waals surface area contributed by atoms with Gasteiger partial charge in [-0.15, -0.1) is 0 Å². The van der Waals surface area contributed by atoms with Crippen LogP contribution in [0.3, 0.4) is 0 Å². The number of rotatable bonds is 3. The van der Waals surface area contributed by atoms with Crippen LogP contribution in [0.2, 0.25) is 0 Å². The number of nitrogens with zero attached hydrogens (tertiary/aromatic N) is 2. The van der Waals surface area contributed by atoms with Crippen molar-refractivity contribution in [2.75, 3.05) is 0 Å². The zero-order valence-corrected chi connectivity index (χ0v) is 9.90. The molecule has 0 fully saturated rings. The molecule has 1 aromatic rings. The first-order chi connectivity index (χ1) is 8.19. The second-order valence-electron chi connectivity index (χ2n) is 3.33. The van der Waals surface area contributed by atoms with Gasteiger partial charge in [-0.05, 0) is 25.8 Å². The lowest BCUT2D eigenvalue weighted by Crippen LogP contribution is -1.86. The van der Waals surface area contributed by atoms with Crippen LogP contribution in [0.4, 0.5) is 0 Å². The highest BCUT2D eigenvalue weighted by atomic mass is 14.7. The van der Waals surface area contributed by atoms with Crippen LogP contribution < -0.4 is 0 Å². The third-order valence-electron chi connectivity index (χ3n) is 2.18. The zero-order chi connectivity index (χ0) is 12.7. The van der Waals surface area contributed by atoms with Crippen LogP contribution in [0, 0.1) is 11.8 Å². The predicted molar refractivity (Wildman–Crippen MR) is 72.7 cm³/mol. The SMILES string of the molecule is C=C/C(C(=C)C#Cc1cccnc1)=C(/C)N=C. The molecule has 2 heteroatoms. The molecule has 0 amide bonds. The molecule has 0 saturated carbocycles. The molecular formula is C15H14N2. The van der Waals surface area contributed by atoms with E-state index in [9.17, 15) is 0 Å². The van der Waals surface area contributed by atoms with Crippen molar-refractivity contribution in [3.8, 4) is 11.8 Å². The van der Waals surface area contributed by atoms with Crippen molar-refractivity contribution in [2.45, 2.75) is 6.92 Å². The van der Waals surface area contributed by atoms with Crippen LogP contribution >= 0.6 is 0 Å². The van der Waals surface area contributed by atoms with Crippen LogP contribution in [0.5, 0.6) is 0 Å². The molecule has 0 spiro atoms. The fraction of sp³-hybridized carbons (Fsp3) is 0.0667. The highest BCUT2D eigenvalue weighted by Crippen LogP contribution is 2.14. The summed E-state index contributed by atoms with van der Waals surface area (Å²) in [7, 11) is 0. The molecule has 0 aliphatic heterocycles. The van der Waals surface area contributed by atoms with E-state index in [2.05, 4.69) is 41.7 Å². The molecule has 1 rings (SSSR count). The summed E-state index contributed by atoms with van der Waals surface area (Å²) in [6.07, 6.45) is 5.10. The van der Waals surface area contributed by atoms with Crippen LogP contribution in [0.1, 0.15) is 12.5 Å². The summed E-state index contributed by atoms with van der Waals surface area (Å²) in [5.74, 6) is 5.95. The average molecular weight is 222 g/mol. The van der Waals surface area contributed by atoms with Gasteiger partial charge in [0.2, 0.25) is 0 Å². The van der Waals surface area contributed by atoms with Gasteiger partial charge in [-0.3, -0.25) is 9.98 Å². The number of aliphatic imine (C=N–C) groups is 1. The van der Waals surface area contributed by atoms with Gasteiger partial charge < -0.3 is 0 Å². The summed E-state index contributed by atoms with van der Waals surface area (Å²) in [5, 5.41) is 0. The maximum Gasteiger partial charge on any atom is 0.0449 e. The van der Waals surface area contributed by atoms with E-state index in [0.29, 0.717) is 5.57 Å². The summed E-state index contributed by atoms with van der Waals surface area (Å²) in [5.41, 5.74) is 3.11. The standard InChI is InChI=1S/C15H14N2/c1-5-15(13(3)16-4)12(2)8-9-14-7-6-10-17-11-14/h5-7,10-11H,1-2,4H2,3H3/b15-13+. The summed E-state index contributed by atoms with van der Waals surface area (Å²) in [6, 6.07) is 3.73. The lowest BCUT2D eigenvalue weighted by Gasteiger charge is -2.01. The van der Waals surface area contributed by atoms with Gasteiger partial charge in [0.25, 0.3) is 0 Å². The molecule has 0 unspecified atom stereocenters. The van der Waals surface area contributed by atoms with Gasteiger partial charge in [-0.2, -0.15) is 0 Å². The Kier molecular flexibility index (Phi) is 4.65. The second-order valence-corrected chi connectivity index (χ2v) is 3.33. The topological polar surface area (TPSA) is 25.2 Å². The lowest BCUT2D eigenvalue weighted by molar-refractivity contribution is 1.27. The first kappa shape index (κ1) is 12.7. The Bertz CT molecular complexity index is 525. The quantitative estimate of drug-likeness (QED) is 0.438. The van der Waals surface area contributed by atoms with Crippen LogP contribution in [0.25, 0.3) is 0 Å². The van der Waals surface area contributed by atoms with Gasteiger partial charge in [0, 0.05) is 34.8 Å². The molecule has 0 aliphatic rings. The van der Waals surface area contributed by atoms with Crippen molar-refractivity contribution < 1.29 is 0 Å². The fourth-order valence-electron chi connectivity index (χ4n) is 1.23. The van der Waals surface area contributed by atoms with E-state index >= 15 is 0 Å². The largest absolute Gasteiger partial charge is 0.269 e. The summed E-state index contributed by atoms with van der Waals surface area (Å²) < 4.78 is 0. The minimum absolute atomic E-state index is 0.675. The number of pyridine rings is 1. The minimum Gasteiger partial charge on any atom is -0.269 e. The van der Waals surface area contributed by atoms with Gasteiger partial charge in [-0.1, -0.05) is 31.1 Å². The van der Waals surface area contributed by atoms with Gasteiger partial charge in [0.1, 0.15) is 0 Å². The molecule has 0 N–H and O–H groups in total. The molecule has 0 atom stereocenters. The van der Waals surface area contributed by atoms with E-state index in [0.717, 1.165) is 16.8 Å². The Morgan fingerprint density at radius 1 is 1.53 bits per heavy atom. The van der Waals surface area contributed by atoms with Crippen LogP contribution in [-0.4, -0.2) is 11.7 Å². The molecule has 17 heavy (non-hydrogen) atoms. The fourth-order valence-corrected chi connectivity index (χ4v) is 1.23. The third kappa shape index (κ3) is 3.58. The van der Waals surface area contributed by atoms with Gasteiger partial charge >= 0.3 is 0 Å². The van der Waals surface area contributed by atoms with Gasteiger partial charge in [0.05, 0.1) is 0 Å². The van der Waals surface area contributed by atoms with Crippen molar-refractivity contribution in [1.29, 1.82) is 0 Å². The third-order valence-corrected chi connectivity index (χ3v) is 2.18. The van der Waals surface area contributed by atoms with E-state index in [1.165, 1.54) is 0 Å². The van der Waals surface area contributed by atoms with Crippen molar-refractivity contribution in [2.24, 2.45) is 4.99 Å². The summed E-state index contributed by atoms with van der Waals surface area (Å²) >= 11 is 0. The normalized spacial score (nSPS) is 10.6. The Labute approximate surface area is 102 Å². The van der Waals surface area contributed by atoms with Crippen molar-refractivity contribution in [3.05, 3.63) is 66.2 Å². The van der Waals surface area contributed by atoms with Crippen LogP contribution in [0.15, 0.2) is 65.6 Å². The average Bonchev–Trinajstić information content (AvgIpc) is 2.38. The number of allylic oxidation sites excluding steroid dienone is 4. The Balaban J connectivity index is 2.98. The maximum absolute atomic E-state index is 3.99. The van der Waals surface area contributed by atoms with Crippen molar-refractivity contribution in [1.82, 2.24) is 4.98 Å². The molecule has 0 radical (unpaired) electrons. The predicted octanol–water partition coefficient (Wildman–Crippen LogP) is 3.15. The van der Waals surface area contributed by atoms with Crippen molar-refractivity contribution in [3.63, 3.8) is 0 Å². The van der Waals surface area contributed by atoms with E-state index in [-0.39, 0.29) is 0 Å². The molecular weight excluding hydrogens is 208 g/mol. The molecule has 0 bridgehead atoms. The minimum atomic E-state index is 0.675. The zero-order valence-electron chi connectivity index (χ0n) is 9.90. The molecule has 1 aromatic heterocycles. The smallest absolute Gasteiger partial charge is 0.0449 e. The highest BCUT2D eigenvalue weighted by Gasteiger charge is 1.99. The molecule has 0 aliphatic carbocycles. The van der Waals surface area contributed by atoms with Gasteiger partial charge in [0.15, 0.2) is 0 Å². The monoisotopic (exact) mass is 222 g/mol. The Morgan fingerprint density at radius 2 is 2.29 bits per heavy atom. The number of aromatic nitrogens is 1. The Morgan fingerprint density at radius 3 is 2.82 bits per heavy atom. The lowest BCUT2D eigenvalue weighted by atomic mass is 10.1. The highest BCUT2D eigenvalue weighted by molar-refractivity contribution is 5.53. The molecule has 0 saturated heterocycles. The first-order valence-corrected chi connectivity index (χ1v) is 5.10. The molecule has 1 heterocycles. The van der Waals surface area contributed by atoms with E-state index in [1.807, 2.05) is 19.1 Å². The first-order valence-electron chi connectivity index (χ1n) is 5.10. The molecule has 0 aromatic carbocycles. The van der Waals surface area contributed by atoms with E-state index < -0.39 is 0 Å². The van der Waals surface area contributed by atoms with E-state index in [4.69, 9.17) is 0 Å².